The third-order valence-electron chi connectivity index (χ3n) is 9.78. The highest BCUT2D eigenvalue weighted by Crippen LogP contribution is 2.43. The zero-order valence-corrected chi connectivity index (χ0v) is 27.4. The third-order valence-corrected chi connectivity index (χ3v) is 14.4. The normalized spacial score (nSPS) is 27.9. The molecule has 6 atom stereocenters. The second-order valence-corrected chi connectivity index (χ2v) is 18.9. The van der Waals surface area contributed by atoms with E-state index in [1.165, 1.54) is 38.5 Å². The summed E-state index contributed by atoms with van der Waals surface area (Å²) in [6, 6.07) is 0. The van der Waals surface area contributed by atoms with Gasteiger partial charge in [-0.3, -0.25) is 0 Å². The lowest BCUT2D eigenvalue weighted by Crippen LogP contribution is -2.52. The van der Waals surface area contributed by atoms with Gasteiger partial charge in [0.15, 0.2) is 20.2 Å². The number of carboxylic acid groups (broad SMARTS) is 1. The molecule has 1 saturated heterocycles. The molecule has 0 aromatic carbocycles. The molecule has 0 radical (unpaired) electrons. The lowest BCUT2D eigenvalue weighted by molar-refractivity contribution is -0.196. The van der Waals surface area contributed by atoms with Crippen LogP contribution in [-0.4, -0.2) is 55.2 Å². The molecule has 7 heteroatoms. The second-order valence-electron chi connectivity index (χ2n) is 14.2. The minimum atomic E-state index is -2.20. The van der Waals surface area contributed by atoms with E-state index in [2.05, 4.69) is 40.8 Å². The van der Waals surface area contributed by atoms with Gasteiger partial charge in [-0.2, -0.15) is 0 Å². The molecule has 0 aromatic heterocycles. The maximum atomic E-state index is 12.2. The van der Waals surface area contributed by atoms with Gasteiger partial charge in [0.25, 0.3) is 0 Å². The predicted molar refractivity (Wildman–Crippen MR) is 161 cm³/mol. The van der Waals surface area contributed by atoms with Crippen LogP contribution in [0.25, 0.3) is 0 Å². The number of hydrogen-bond donors (Lipinski definition) is 2. The van der Waals surface area contributed by atoms with E-state index in [1.54, 1.807) is 6.92 Å². The molecule has 2 N–H and O–H groups in total. The molecule has 0 aromatic rings. The van der Waals surface area contributed by atoms with E-state index < -0.39 is 19.9 Å². The number of carbonyl (C=O) groups is 1. The summed E-state index contributed by atoms with van der Waals surface area (Å²) < 4.78 is 18.8. The predicted octanol–water partition coefficient (Wildman–Crippen LogP) is 8.46. The van der Waals surface area contributed by atoms with Gasteiger partial charge in [-0.05, 0) is 75.4 Å². The Morgan fingerprint density at radius 3 is 2.13 bits per heavy atom. The molecule has 0 spiro atoms. The molecule has 2 aliphatic rings. The van der Waals surface area contributed by atoms with Crippen molar-refractivity contribution in [1.29, 1.82) is 0 Å². The third kappa shape index (κ3) is 11.0. The monoisotopic (exact) mass is 570 g/mol. The lowest BCUT2D eigenvalue weighted by Gasteiger charge is -2.42. The van der Waals surface area contributed by atoms with Crippen LogP contribution in [0.5, 0.6) is 0 Å². The number of aliphatic hydroxyl groups excluding tert-OH is 1. The summed E-state index contributed by atoms with van der Waals surface area (Å²) in [7, 11) is -2.20. The summed E-state index contributed by atoms with van der Waals surface area (Å²) >= 11 is 0. The van der Waals surface area contributed by atoms with Crippen molar-refractivity contribution in [2.24, 2.45) is 11.8 Å². The van der Waals surface area contributed by atoms with E-state index in [1.807, 2.05) is 0 Å². The smallest absolute Gasteiger partial charge is 0.334 e. The first-order valence-corrected chi connectivity index (χ1v) is 19.1. The van der Waals surface area contributed by atoms with E-state index in [-0.39, 0.29) is 29.5 Å². The minimum absolute atomic E-state index is 0.0331. The van der Waals surface area contributed by atoms with Gasteiger partial charge in [-0.15, -0.1) is 0 Å². The van der Waals surface area contributed by atoms with Gasteiger partial charge in [0.2, 0.25) is 0 Å². The van der Waals surface area contributed by atoms with Gasteiger partial charge in [0.1, 0.15) is 0 Å². The fraction of sp³-hybridized carbons (Fsp3) is 0.969. The molecule has 39 heavy (non-hydrogen) atoms. The standard InChI is InChI=1S/C32H62O6Si/c1-8-9-10-11-12-14-20-26-25(27(33)24-28(26)37-29-21-16-18-23-36-29)19-15-13-17-22-32(5,30(34)35)38-39(6,7)31(2,3)4/h25-29,33H,8-24H2,1-7H3,(H,34,35)/t25-,26-,27+,28?,29?,32?/m1/s1. The van der Waals surface area contributed by atoms with Crippen molar-refractivity contribution >= 4 is 14.3 Å². The number of aliphatic carboxylic acids is 1. The Morgan fingerprint density at radius 2 is 1.54 bits per heavy atom. The van der Waals surface area contributed by atoms with E-state index in [9.17, 15) is 15.0 Å². The fourth-order valence-corrected chi connectivity index (χ4v) is 7.84. The summed E-state index contributed by atoms with van der Waals surface area (Å²) in [5.41, 5.74) is -1.14. The highest BCUT2D eigenvalue weighted by Gasteiger charge is 2.46. The molecule has 2 rings (SSSR count). The summed E-state index contributed by atoms with van der Waals surface area (Å²) in [6.45, 7) is 15.5. The Labute approximate surface area is 241 Å². The molecular weight excluding hydrogens is 508 g/mol. The van der Waals surface area contributed by atoms with Crippen LogP contribution in [0.4, 0.5) is 0 Å². The molecule has 6 nitrogen and oxygen atoms in total. The number of unbranched alkanes of at least 4 members (excludes halogenated alkanes) is 7. The van der Waals surface area contributed by atoms with Crippen molar-refractivity contribution in [2.45, 2.75) is 180 Å². The maximum absolute atomic E-state index is 12.2. The van der Waals surface area contributed by atoms with Crippen molar-refractivity contribution in [3.63, 3.8) is 0 Å². The van der Waals surface area contributed by atoms with E-state index in [0.717, 1.165) is 58.0 Å². The zero-order valence-electron chi connectivity index (χ0n) is 26.4. The zero-order chi connectivity index (χ0) is 29.1. The van der Waals surface area contributed by atoms with Crippen LogP contribution in [-0.2, 0) is 18.7 Å². The van der Waals surface area contributed by atoms with Gasteiger partial charge in [0.05, 0.1) is 12.2 Å². The van der Waals surface area contributed by atoms with Crippen molar-refractivity contribution in [1.82, 2.24) is 0 Å². The number of carboxylic acids is 1. The van der Waals surface area contributed by atoms with Gasteiger partial charge in [0, 0.05) is 13.0 Å². The van der Waals surface area contributed by atoms with Crippen LogP contribution in [0.3, 0.4) is 0 Å². The van der Waals surface area contributed by atoms with Crippen molar-refractivity contribution in [3.8, 4) is 0 Å². The Kier molecular flexibility index (Phi) is 14.5. The molecule has 230 valence electrons. The first-order valence-electron chi connectivity index (χ1n) is 16.2. The Bertz CT molecular complexity index is 701. The summed E-state index contributed by atoms with van der Waals surface area (Å²) in [6.07, 6.45) is 16.6. The van der Waals surface area contributed by atoms with Gasteiger partial charge >= 0.3 is 5.97 Å². The molecule has 2 fully saturated rings. The molecule has 1 aliphatic carbocycles. The van der Waals surface area contributed by atoms with Crippen molar-refractivity contribution < 1.29 is 28.9 Å². The van der Waals surface area contributed by atoms with E-state index >= 15 is 0 Å². The first-order chi connectivity index (χ1) is 18.3. The lowest BCUT2D eigenvalue weighted by atomic mass is 9.84. The number of rotatable bonds is 18. The summed E-state index contributed by atoms with van der Waals surface area (Å²) in [4.78, 5) is 12.2. The minimum Gasteiger partial charge on any atom is -0.479 e. The van der Waals surface area contributed by atoms with E-state index in [4.69, 9.17) is 13.9 Å². The van der Waals surface area contributed by atoms with Gasteiger partial charge in [-0.1, -0.05) is 85.5 Å². The molecule has 1 saturated carbocycles. The average Bonchev–Trinajstić information content (AvgIpc) is 3.14. The highest BCUT2D eigenvalue weighted by atomic mass is 28.4. The van der Waals surface area contributed by atoms with Crippen molar-refractivity contribution in [2.75, 3.05) is 6.61 Å². The molecule has 1 heterocycles. The first kappa shape index (κ1) is 34.7. The van der Waals surface area contributed by atoms with Crippen LogP contribution in [0.1, 0.15) is 137 Å². The second kappa shape index (κ2) is 16.2. The summed E-state index contributed by atoms with van der Waals surface area (Å²) in [5.74, 6) is -0.228. The fourth-order valence-electron chi connectivity index (χ4n) is 6.22. The highest BCUT2D eigenvalue weighted by molar-refractivity contribution is 6.74. The van der Waals surface area contributed by atoms with Crippen molar-refractivity contribution in [3.05, 3.63) is 0 Å². The van der Waals surface area contributed by atoms with Gasteiger partial charge in [-0.25, -0.2) is 4.79 Å². The summed E-state index contributed by atoms with van der Waals surface area (Å²) in [5, 5.41) is 21.1. The SMILES string of the molecule is CCCCCCCC[C@H]1C(OC2CCCCO2)C[C@H](O)[C@@H]1CCCCCC(C)(O[Si](C)(C)C(C)(C)C)C(=O)O. The topological polar surface area (TPSA) is 85.2 Å². The van der Waals surface area contributed by atoms with Crippen LogP contribution < -0.4 is 0 Å². The Morgan fingerprint density at radius 1 is 0.923 bits per heavy atom. The van der Waals surface area contributed by atoms with Crippen LogP contribution in [0, 0.1) is 11.8 Å². The van der Waals surface area contributed by atoms with Crippen LogP contribution in [0.2, 0.25) is 18.1 Å². The molecule has 0 amide bonds. The molecule has 0 bridgehead atoms. The molecular formula is C32H62O6Si. The van der Waals surface area contributed by atoms with Crippen LogP contribution in [0.15, 0.2) is 0 Å². The maximum Gasteiger partial charge on any atom is 0.334 e. The average molecular weight is 571 g/mol. The van der Waals surface area contributed by atoms with E-state index in [0.29, 0.717) is 18.8 Å². The largest absolute Gasteiger partial charge is 0.479 e. The van der Waals surface area contributed by atoms with Crippen LogP contribution >= 0.6 is 0 Å². The number of ether oxygens (including phenoxy) is 2. The molecule has 3 unspecified atom stereocenters. The Balaban J connectivity index is 1.90. The van der Waals surface area contributed by atoms with Gasteiger partial charge < -0.3 is 24.1 Å². The quantitative estimate of drug-likeness (QED) is 0.127. The number of aliphatic hydroxyl groups is 1. The number of hydrogen-bond acceptors (Lipinski definition) is 5. The molecule has 1 aliphatic heterocycles. The Hall–Kier alpha value is -0.473.